The van der Waals surface area contributed by atoms with Gasteiger partial charge < -0.3 is 5.73 Å². The summed E-state index contributed by atoms with van der Waals surface area (Å²) in [4.78, 5) is 20.3. The Labute approximate surface area is 165 Å². The lowest BCUT2D eigenvalue weighted by molar-refractivity contribution is 0.0995. The minimum atomic E-state index is -0.612. The average Bonchev–Trinajstić information content (AvgIpc) is 2.73. The molecule has 0 bridgehead atoms. The van der Waals surface area contributed by atoms with E-state index >= 15 is 0 Å². The molecule has 0 fully saturated rings. The number of hydrogen-bond donors (Lipinski definition) is 1. The van der Waals surface area contributed by atoms with Crippen molar-refractivity contribution in [1.82, 2.24) is 9.97 Å². The first kappa shape index (κ1) is 18.1. The van der Waals surface area contributed by atoms with Gasteiger partial charge in [0.1, 0.15) is 11.5 Å². The van der Waals surface area contributed by atoms with Gasteiger partial charge in [0.25, 0.3) is 5.91 Å². The van der Waals surface area contributed by atoms with Crippen molar-refractivity contribution >= 4 is 28.4 Å². The summed E-state index contributed by atoms with van der Waals surface area (Å²) in [5.74, 6) is -0.498. The fourth-order valence-corrected chi connectivity index (χ4v) is 3.20. The van der Waals surface area contributed by atoms with E-state index in [9.17, 15) is 9.18 Å². The van der Waals surface area contributed by atoms with Crippen LogP contribution < -0.4 is 5.73 Å². The number of carbonyl (C=O) groups is 1. The number of halogens is 2. The van der Waals surface area contributed by atoms with Gasteiger partial charge in [0.05, 0.1) is 11.2 Å². The second-order valence-electron chi connectivity index (χ2n) is 6.35. The maximum absolute atomic E-state index is 13.4. The Morgan fingerprint density at radius 3 is 2.32 bits per heavy atom. The highest BCUT2D eigenvalue weighted by Gasteiger charge is 2.13. The summed E-state index contributed by atoms with van der Waals surface area (Å²) < 4.78 is 13.4. The van der Waals surface area contributed by atoms with E-state index < -0.39 is 5.91 Å². The molecule has 0 spiro atoms. The van der Waals surface area contributed by atoms with Crippen molar-refractivity contribution in [3.63, 3.8) is 0 Å². The van der Waals surface area contributed by atoms with Crippen molar-refractivity contribution in [1.29, 1.82) is 0 Å². The number of nitrogens with zero attached hydrogens (tertiary/aromatic N) is 2. The van der Waals surface area contributed by atoms with Crippen molar-refractivity contribution in [2.75, 3.05) is 0 Å². The topological polar surface area (TPSA) is 68.9 Å². The van der Waals surface area contributed by atoms with E-state index in [0.717, 1.165) is 27.6 Å². The van der Waals surface area contributed by atoms with E-state index in [-0.39, 0.29) is 11.5 Å². The number of alkyl halides is 1. The molecule has 0 aliphatic rings. The van der Waals surface area contributed by atoms with Crippen LogP contribution in [0.2, 0.25) is 0 Å². The highest BCUT2D eigenvalue weighted by molar-refractivity contribution is 6.17. The Morgan fingerprint density at radius 1 is 1.00 bits per heavy atom. The van der Waals surface area contributed by atoms with E-state index in [1.54, 1.807) is 24.4 Å². The van der Waals surface area contributed by atoms with Crippen LogP contribution in [0.1, 0.15) is 16.1 Å². The largest absolute Gasteiger partial charge is 0.364 e. The van der Waals surface area contributed by atoms with E-state index in [4.69, 9.17) is 22.3 Å². The lowest BCUT2D eigenvalue weighted by Crippen LogP contribution is -2.12. The maximum Gasteiger partial charge on any atom is 0.267 e. The summed E-state index contributed by atoms with van der Waals surface area (Å²) in [6, 6.07) is 17.5. The Hall–Kier alpha value is -3.31. The quantitative estimate of drug-likeness (QED) is 0.501. The molecule has 0 atom stereocenters. The van der Waals surface area contributed by atoms with Crippen LogP contribution in [-0.4, -0.2) is 15.9 Å². The molecule has 0 radical (unpaired) electrons. The molecule has 0 aliphatic carbocycles. The van der Waals surface area contributed by atoms with Gasteiger partial charge >= 0.3 is 0 Å². The van der Waals surface area contributed by atoms with E-state index in [1.807, 2.05) is 30.3 Å². The molecule has 0 saturated carbocycles. The smallest absolute Gasteiger partial charge is 0.267 e. The highest BCUT2D eigenvalue weighted by Crippen LogP contribution is 2.33. The standard InChI is InChI=1S/C22H15ClFN3O/c23-11-13-1-3-15(4-2-13)21-18(14-5-7-17(24)8-6-14)9-16-12-26-20(22(25)28)10-19(16)27-21/h1-10,12H,11H2,(H2,25,28). The number of pyridine rings is 2. The predicted molar refractivity (Wildman–Crippen MR) is 108 cm³/mol. The zero-order chi connectivity index (χ0) is 19.7. The van der Waals surface area contributed by atoms with E-state index in [1.165, 1.54) is 12.1 Å². The van der Waals surface area contributed by atoms with Crippen LogP contribution in [0.5, 0.6) is 0 Å². The fourth-order valence-electron chi connectivity index (χ4n) is 3.02. The van der Waals surface area contributed by atoms with Gasteiger partial charge in [0.15, 0.2) is 0 Å². The molecule has 2 heterocycles. The number of aromatic nitrogens is 2. The monoisotopic (exact) mass is 391 g/mol. The number of primary amides is 1. The van der Waals surface area contributed by atoms with Crippen LogP contribution in [-0.2, 0) is 5.88 Å². The van der Waals surface area contributed by atoms with Gasteiger partial charge in [-0.3, -0.25) is 9.78 Å². The summed E-state index contributed by atoms with van der Waals surface area (Å²) in [6.45, 7) is 0. The summed E-state index contributed by atoms with van der Waals surface area (Å²) in [7, 11) is 0. The van der Waals surface area contributed by atoms with Crippen molar-refractivity contribution in [2.45, 2.75) is 5.88 Å². The van der Waals surface area contributed by atoms with Crippen molar-refractivity contribution in [3.05, 3.63) is 83.9 Å². The van der Waals surface area contributed by atoms with Crippen LogP contribution >= 0.6 is 11.6 Å². The molecule has 2 aromatic carbocycles. The van der Waals surface area contributed by atoms with Crippen LogP contribution in [0.3, 0.4) is 0 Å². The zero-order valence-corrected chi connectivity index (χ0v) is 15.4. The summed E-state index contributed by atoms with van der Waals surface area (Å²) in [5.41, 5.74) is 10.3. The number of rotatable bonds is 4. The van der Waals surface area contributed by atoms with Crippen LogP contribution in [0.25, 0.3) is 33.3 Å². The molecule has 4 rings (SSSR count). The van der Waals surface area contributed by atoms with Crippen molar-refractivity contribution in [3.8, 4) is 22.4 Å². The normalized spacial score (nSPS) is 10.9. The molecule has 0 unspecified atom stereocenters. The molecule has 0 aliphatic heterocycles. The molecule has 4 aromatic rings. The van der Waals surface area contributed by atoms with Crippen LogP contribution in [0, 0.1) is 5.82 Å². The molecule has 1 amide bonds. The minimum Gasteiger partial charge on any atom is -0.364 e. The summed E-state index contributed by atoms with van der Waals surface area (Å²) >= 11 is 5.89. The molecule has 138 valence electrons. The van der Waals surface area contributed by atoms with Gasteiger partial charge in [-0.25, -0.2) is 9.37 Å². The lowest BCUT2D eigenvalue weighted by Gasteiger charge is -2.12. The number of hydrogen-bond acceptors (Lipinski definition) is 3. The summed E-state index contributed by atoms with van der Waals surface area (Å²) in [6.07, 6.45) is 1.57. The third-order valence-corrected chi connectivity index (χ3v) is 4.80. The van der Waals surface area contributed by atoms with Gasteiger partial charge in [0.2, 0.25) is 0 Å². The molecule has 28 heavy (non-hydrogen) atoms. The third-order valence-electron chi connectivity index (χ3n) is 4.49. The molecule has 0 saturated heterocycles. The Morgan fingerprint density at radius 2 is 1.68 bits per heavy atom. The van der Waals surface area contributed by atoms with Gasteiger partial charge in [0, 0.05) is 28.6 Å². The fraction of sp³-hybridized carbons (Fsp3) is 0.0455. The van der Waals surface area contributed by atoms with Crippen molar-refractivity contribution in [2.24, 2.45) is 5.73 Å². The van der Waals surface area contributed by atoms with Gasteiger partial charge in [-0.2, -0.15) is 0 Å². The first-order valence-electron chi connectivity index (χ1n) is 8.57. The van der Waals surface area contributed by atoms with E-state index in [2.05, 4.69) is 4.98 Å². The first-order chi connectivity index (χ1) is 13.5. The Kier molecular flexibility index (Phi) is 4.75. The zero-order valence-electron chi connectivity index (χ0n) is 14.7. The molecule has 2 aromatic heterocycles. The second-order valence-corrected chi connectivity index (χ2v) is 6.62. The predicted octanol–water partition coefficient (Wildman–Crippen LogP) is 4.94. The van der Waals surface area contributed by atoms with E-state index in [0.29, 0.717) is 17.1 Å². The third kappa shape index (κ3) is 3.44. The van der Waals surface area contributed by atoms with Gasteiger partial charge in [-0.15, -0.1) is 11.6 Å². The first-order valence-corrected chi connectivity index (χ1v) is 9.10. The lowest BCUT2D eigenvalue weighted by atomic mass is 9.97. The maximum atomic E-state index is 13.4. The van der Waals surface area contributed by atoms with Gasteiger partial charge in [-0.05, 0) is 35.4 Å². The Balaban J connectivity index is 1.97. The number of nitrogens with two attached hydrogens (primary N) is 1. The SMILES string of the molecule is NC(=O)c1cc2nc(-c3ccc(CCl)cc3)c(-c3ccc(F)cc3)cc2cn1. The highest BCUT2D eigenvalue weighted by atomic mass is 35.5. The number of carbonyl (C=O) groups excluding carboxylic acids is 1. The Bertz CT molecular complexity index is 1170. The number of fused-ring (bicyclic) bond motifs is 1. The second kappa shape index (κ2) is 7.37. The van der Waals surface area contributed by atoms with Crippen LogP contribution in [0.15, 0.2) is 66.9 Å². The molecule has 6 heteroatoms. The average molecular weight is 392 g/mol. The van der Waals surface area contributed by atoms with Crippen molar-refractivity contribution < 1.29 is 9.18 Å². The molecular formula is C22H15ClFN3O. The summed E-state index contributed by atoms with van der Waals surface area (Å²) in [5, 5.41) is 0.755. The van der Waals surface area contributed by atoms with Crippen LogP contribution in [0.4, 0.5) is 4.39 Å². The minimum absolute atomic E-state index is 0.151. The molecular weight excluding hydrogens is 377 g/mol. The van der Waals surface area contributed by atoms with Gasteiger partial charge in [-0.1, -0.05) is 36.4 Å². The number of benzene rings is 2. The molecule has 2 N–H and O–H groups in total. The molecule has 4 nitrogen and oxygen atoms in total. The number of amides is 1.